The summed E-state index contributed by atoms with van der Waals surface area (Å²) in [5.41, 5.74) is 0. The van der Waals surface area contributed by atoms with E-state index in [0.29, 0.717) is 0 Å². The average Bonchev–Trinajstić information content (AvgIpc) is 2.55. The largest absolute Gasteiger partial charge is 0.479 e. The van der Waals surface area contributed by atoms with Crippen LogP contribution in [0.3, 0.4) is 0 Å². The van der Waals surface area contributed by atoms with Crippen molar-refractivity contribution in [3.63, 3.8) is 0 Å². The number of carboxylic acids is 2. The predicted molar refractivity (Wildman–Crippen MR) is 78.6 cm³/mol. The van der Waals surface area contributed by atoms with Crippen molar-refractivity contribution in [3.8, 4) is 0 Å². The maximum atomic E-state index is 9.77. The molecule has 0 aromatic carbocycles. The predicted octanol–water partition coefficient (Wildman–Crippen LogP) is -0.852. The molecule has 2 unspecified atom stereocenters. The van der Waals surface area contributed by atoms with Gasteiger partial charge in [-0.15, -0.1) is 0 Å². The number of hydrogen-bond donors (Lipinski definition) is 6. The fraction of sp³-hybridized carbons (Fsp3) is 0.857. The lowest BCUT2D eigenvalue weighted by molar-refractivity contribution is -0.165. The second kappa shape index (κ2) is 9.73. The van der Waals surface area contributed by atoms with Crippen LogP contribution in [0.5, 0.6) is 0 Å². The first-order valence-electron chi connectivity index (χ1n) is 7.72. The van der Waals surface area contributed by atoms with Crippen LogP contribution in [-0.4, -0.2) is 69.7 Å². The molecule has 0 spiro atoms. The smallest absolute Gasteiger partial charge is 0.335 e. The van der Waals surface area contributed by atoms with E-state index in [1.54, 1.807) is 0 Å². The first-order valence-corrected chi connectivity index (χ1v) is 7.72. The van der Waals surface area contributed by atoms with Crippen LogP contribution in [0.4, 0.5) is 0 Å². The maximum Gasteiger partial charge on any atom is 0.335 e. The second-order valence-corrected chi connectivity index (χ2v) is 5.68. The minimum Gasteiger partial charge on any atom is -0.479 e. The third-order valence-corrected chi connectivity index (χ3v) is 3.99. The van der Waals surface area contributed by atoms with E-state index in [2.05, 4.69) is 10.6 Å². The molecule has 0 radical (unpaired) electrons. The van der Waals surface area contributed by atoms with Gasteiger partial charge in [0.05, 0.1) is 0 Å². The van der Waals surface area contributed by atoms with E-state index in [1.165, 1.54) is 51.6 Å². The molecule has 2 aliphatic rings. The monoisotopic (exact) mass is 318 g/mol. The summed E-state index contributed by atoms with van der Waals surface area (Å²) < 4.78 is 0. The van der Waals surface area contributed by atoms with Crippen molar-refractivity contribution in [2.24, 2.45) is 0 Å². The lowest BCUT2D eigenvalue weighted by atomic mass is 9.92. The highest BCUT2D eigenvalue weighted by Gasteiger charge is 2.29. The Hall–Kier alpha value is -1.22. The van der Waals surface area contributed by atoms with E-state index in [9.17, 15) is 9.59 Å². The number of carboxylic acid groups (broad SMARTS) is 2. The van der Waals surface area contributed by atoms with Gasteiger partial charge < -0.3 is 31.1 Å². The van der Waals surface area contributed by atoms with Crippen LogP contribution >= 0.6 is 0 Å². The Balaban J connectivity index is 0.000000225. The molecule has 0 saturated carbocycles. The van der Waals surface area contributed by atoms with Gasteiger partial charge in [0.15, 0.2) is 12.2 Å². The molecule has 2 saturated heterocycles. The minimum atomic E-state index is -2.27. The van der Waals surface area contributed by atoms with Gasteiger partial charge in [-0.3, -0.25) is 0 Å². The van der Waals surface area contributed by atoms with Gasteiger partial charge in [-0.2, -0.15) is 0 Å². The molecule has 6 N–H and O–H groups in total. The van der Waals surface area contributed by atoms with Gasteiger partial charge in [-0.05, 0) is 38.8 Å². The number of aliphatic carboxylic acids is 2. The van der Waals surface area contributed by atoms with Gasteiger partial charge in [0.1, 0.15) is 0 Å². The van der Waals surface area contributed by atoms with E-state index in [1.807, 2.05) is 0 Å². The zero-order valence-corrected chi connectivity index (χ0v) is 12.6. The van der Waals surface area contributed by atoms with Crippen LogP contribution in [0, 0.1) is 0 Å². The van der Waals surface area contributed by atoms with Crippen molar-refractivity contribution in [1.29, 1.82) is 0 Å². The molecule has 0 aromatic heterocycles. The molecule has 2 fully saturated rings. The van der Waals surface area contributed by atoms with E-state index in [4.69, 9.17) is 20.4 Å². The van der Waals surface area contributed by atoms with E-state index >= 15 is 0 Å². The first-order chi connectivity index (χ1) is 10.4. The van der Waals surface area contributed by atoms with Crippen LogP contribution in [0.1, 0.15) is 38.5 Å². The van der Waals surface area contributed by atoms with Crippen molar-refractivity contribution in [1.82, 2.24) is 10.6 Å². The van der Waals surface area contributed by atoms with E-state index in [-0.39, 0.29) is 0 Å². The van der Waals surface area contributed by atoms with Crippen molar-refractivity contribution >= 4 is 11.9 Å². The zero-order chi connectivity index (χ0) is 16.5. The number of nitrogens with one attached hydrogen (secondary N) is 2. The molecule has 2 aliphatic heterocycles. The lowest BCUT2D eigenvalue weighted by Gasteiger charge is -2.34. The van der Waals surface area contributed by atoms with E-state index in [0.717, 1.165) is 12.1 Å². The third-order valence-electron chi connectivity index (χ3n) is 3.99. The molecule has 128 valence electrons. The summed E-state index contributed by atoms with van der Waals surface area (Å²) in [7, 11) is 0. The Morgan fingerprint density at radius 1 is 0.773 bits per heavy atom. The number of rotatable bonds is 4. The number of carbonyl (C=O) groups is 2. The topological polar surface area (TPSA) is 139 Å². The summed E-state index contributed by atoms with van der Waals surface area (Å²) in [4.78, 5) is 19.5. The van der Waals surface area contributed by atoms with Crippen LogP contribution in [0.15, 0.2) is 0 Å². The van der Waals surface area contributed by atoms with Gasteiger partial charge in [-0.25, -0.2) is 9.59 Å². The molecule has 4 atom stereocenters. The van der Waals surface area contributed by atoms with Crippen molar-refractivity contribution in [2.45, 2.75) is 62.8 Å². The molecule has 8 nitrogen and oxygen atoms in total. The molecule has 22 heavy (non-hydrogen) atoms. The summed E-state index contributed by atoms with van der Waals surface area (Å²) in [6.07, 6.45) is 3.85. The van der Waals surface area contributed by atoms with Crippen LogP contribution < -0.4 is 10.6 Å². The first kappa shape index (κ1) is 18.8. The molecular formula is C14H26N2O6. The summed E-state index contributed by atoms with van der Waals surface area (Å²) in [5.74, 6) is -3.54. The summed E-state index contributed by atoms with van der Waals surface area (Å²) in [6, 6.07) is 1.55. The molecule has 2 rings (SSSR count). The third kappa shape index (κ3) is 6.27. The second-order valence-electron chi connectivity index (χ2n) is 5.68. The van der Waals surface area contributed by atoms with Gasteiger partial charge in [0.25, 0.3) is 0 Å². The Labute approximate surface area is 129 Å². The summed E-state index contributed by atoms with van der Waals surface area (Å²) in [5, 5.41) is 39.8. The highest BCUT2D eigenvalue weighted by atomic mass is 16.4. The summed E-state index contributed by atoms with van der Waals surface area (Å²) >= 11 is 0. The Kier molecular flexibility index (Phi) is 8.32. The number of hydrogen-bond acceptors (Lipinski definition) is 6. The Morgan fingerprint density at radius 2 is 1.14 bits per heavy atom. The van der Waals surface area contributed by atoms with Gasteiger partial charge >= 0.3 is 11.9 Å². The highest BCUT2D eigenvalue weighted by Crippen LogP contribution is 2.17. The van der Waals surface area contributed by atoms with Gasteiger partial charge in [-0.1, -0.05) is 12.8 Å². The molecule has 2 heterocycles. The molecule has 0 aliphatic carbocycles. The average molecular weight is 318 g/mol. The molecular weight excluding hydrogens is 292 g/mol. The summed E-state index contributed by atoms with van der Waals surface area (Å²) in [6.45, 7) is 2.48. The fourth-order valence-electron chi connectivity index (χ4n) is 2.71. The van der Waals surface area contributed by atoms with Crippen LogP contribution in [0.25, 0.3) is 0 Å². The van der Waals surface area contributed by atoms with Gasteiger partial charge in [0, 0.05) is 12.1 Å². The van der Waals surface area contributed by atoms with Crippen molar-refractivity contribution < 1.29 is 30.0 Å². The standard InChI is InChI=1S/C10H20N2.C4H6O6/c1-3-7-11-9(5-1)10-6-2-4-8-12-10;5-1(3(7)8)2(6)4(9)10/h9-12H,1-8H2;1-2,5-6H,(H,7,8)(H,9,10)/t;1-,2-/m.1/s1. The van der Waals surface area contributed by atoms with Gasteiger partial charge in [0.2, 0.25) is 0 Å². The SMILES string of the molecule is C1CCC(C2CCCCN2)NC1.O=C(O)[C@H](O)[C@@H](O)C(=O)O. The minimum absolute atomic E-state index is 0.777. The normalized spacial score (nSPS) is 27.9. The fourth-order valence-corrected chi connectivity index (χ4v) is 2.71. The molecule has 8 heteroatoms. The Morgan fingerprint density at radius 3 is 1.36 bits per heavy atom. The zero-order valence-electron chi connectivity index (χ0n) is 12.6. The molecule has 0 bridgehead atoms. The van der Waals surface area contributed by atoms with Crippen molar-refractivity contribution in [3.05, 3.63) is 0 Å². The number of aliphatic hydroxyl groups excluding tert-OH is 2. The van der Waals surface area contributed by atoms with Crippen LogP contribution in [-0.2, 0) is 9.59 Å². The van der Waals surface area contributed by atoms with E-state index < -0.39 is 24.1 Å². The molecule has 0 amide bonds. The number of aliphatic hydroxyl groups is 2. The molecule has 0 aromatic rings. The highest BCUT2D eigenvalue weighted by molar-refractivity contribution is 5.83. The van der Waals surface area contributed by atoms with Crippen LogP contribution in [0.2, 0.25) is 0 Å². The number of piperidine rings is 2. The maximum absolute atomic E-state index is 9.77. The van der Waals surface area contributed by atoms with Crippen molar-refractivity contribution in [2.75, 3.05) is 13.1 Å². The quantitative estimate of drug-likeness (QED) is 0.394. The lowest BCUT2D eigenvalue weighted by Crippen LogP contribution is -2.51. The Bertz CT molecular complexity index is 319.